The summed E-state index contributed by atoms with van der Waals surface area (Å²) in [6.07, 6.45) is 5.34. The van der Waals surface area contributed by atoms with Gasteiger partial charge in [-0.2, -0.15) is 5.10 Å². The third kappa shape index (κ3) is 4.13. The van der Waals surface area contributed by atoms with Crippen LogP contribution in [0.5, 0.6) is 5.75 Å². The van der Waals surface area contributed by atoms with Crippen molar-refractivity contribution in [3.8, 4) is 5.75 Å². The van der Waals surface area contributed by atoms with E-state index in [-0.39, 0.29) is 0 Å². The van der Waals surface area contributed by atoms with E-state index in [0.29, 0.717) is 12.5 Å². The van der Waals surface area contributed by atoms with Crippen LogP contribution in [0.4, 0.5) is 0 Å². The summed E-state index contributed by atoms with van der Waals surface area (Å²) in [4.78, 5) is 0. The molecular formula is C15H23N3O2. The van der Waals surface area contributed by atoms with Gasteiger partial charge in [0.15, 0.2) is 5.75 Å². The van der Waals surface area contributed by atoms with Gasteiger partial charge in [0.2, 0.25) is 0 Å². The van der Waals surface area contributed by atoms with E-state index in [2.05, 4.69) is 24.3 Å². The van der Waals surface area contributed by atoms with Gasteiger partial charge in [-0.25, -0.2) is 0 Å². The summed E-state index contributed by atoms with van der Waals surface area (Å²) in [6.45, 7) is 9.48. The summed E-state index contributed by atoms with van der Waals surface area (Å²) in [6, 6.07) is 1.95. The number of aromatic nitrogens is 2. The highest BCUT2D eigenvalue weighted by Gasteiger charge is 2.08. The van der Waals surface area contributed by atoms with E-state index in [1.165, 1.54) is 0 Å². The van der Waals surface area contributed by atoms with E-state index in [1.54, 1.807) is 12.5 Å². The molecule has 0 aliphatic rings. The third-order valence-corrected chi connectivity index (χ3v) is 3.00. The number of nitrogens with one attached hydrogen (secondary N) is 1. The van der Waals surface area contributed by atoms with Crippen LogP contribution in [0.15, 0.2) is 29.1 Å². The van der Waals surface area contributed by atoms with Crippen LogP contribution in [0, 0.1) is 5.92 Å². The van der Waals surface area contributed by atoms with Gasteiger partial charge in [-0.15, -0.1) is 0 Å². The smallest absolute Gasteiger partial charge is 0.157 e. The Hall–Kier alpha value is -1.75. The number of aryl methyl sites for hydroxylation is 1. The quantitative estimate of drug-likeness (QED) is 0.806. The Balaban J connectivity index is 1.85. The standard InChI is InChI=1S/C15H23N3O2/c1-4-18-10-14(8-17-18)20-11-13-5-6-19-15(13)9-16-7-12(2)3/h5-6,8,10,12,16H,4,7,9,11H2,1-3H3. The zero-order chi connectivity index (χ0) is 14.4. The van der Waals surface area contributed by atoms with Gasteiger partial charge in [-0.1, -0.05) is 13.8 Å². The Morgan fingerprint density at radius 3 is 3.00 bits per heavy atom. The SMILES string of the molecule is CCn1cc(OCc2ccoc2CNCC(C)C)cn1. The van der Waals surface area contributed by atoms with Crippen molar-refractivity contribution in [2.45, 2.75) is 40.5 Å². The fraction of sp³-hybridized carbons (Fsp3) is 0.533. The number of ether oxygens (including phenoxy) is 1. The predicted molar refractivity (Wildman–Crippen MR) is 77.5 cm³/mol. The van der Waals surface area contributed by atoms with E-state index in [1.807, 2.05) is 23.9 Å². The van der Waals surface area contributed by atoms with Crippen molar-refractivity contribution in [1.82, 2.24) is 15.1 Å². The molecule has 0 atom stereocenters. The molecule has 5 heteroatoms. The molecule has 0 amide bonds. The van der Waals surface area contributed by atoms with Gasteiger partial charge in [-0.3, -0.25) is 4.68 Å². The molecule has 2 heterocycles. The van der Waals surface area contributed by atoms with Gasteiger partial charge >= 0.3 is 0 Å². The molecule has 0 bridgehead atoms. The van der Waals surface area contributed by atoms with Crippen LogP contribution in [0.3, 0.4) is 0 Å². The Labute approximate surface area is 119 Å². The van der Waals surface area contributed by atoms with Gasteiger partial charge in [-0.05, 0) is 25.5 Å². The van der Waals surface area contributed by atoms with Crippen LogP contribution < -0.4 is 10.1 Å². The minimum Gasteiger partial charge on any atom is -0.485 e. The normalized spacial score (nSPS) is 11.2. The summed E-state index contributed by atoms with van der Waals surface area (Å²) in [5.41, 5.74) is 1.07. The van der Waals surface area contributed by atoms with Crippen molar-refractivity contribution in [1.29, 1.82) is 0 Å². The van der Waals surface area contributed by atoms with E-state index in [4.69, 9.17) is 9.15 Å². The van der Waals surface area contributed by atoms with E-state index >= 15 is 0 Å². The lowest BCUT2D eigenvalue weighted by Gasteiger charge is -2.07. The zero-order valence-electron chi connectivity index (χ0n) is 12.4. The van der Waals surface area contributed by atoms with Gasteiger partial charge in [0, 0.05) is 12.1 Å². The van der Waals surface area contributed by atoms with Crippen molar-refractivity contribution in [2.75, 3.05) is 6.54 Å². The molecule has 110 valence electrons. The predicted octanol–water partition coefficient (Wildman–Crippen LogP) is 2.82. The number of hydrogen-bond donors (Lipinski definition) is 1. The molecule has 0 saturated heterocycles. The van der Waals surface area contributed by atoms with Crippen LogP contribution in [0.25, 0.3) is 0 Å². The molecule has 0 fully saturated rings. The van der Waals surface area contributed by atoms with E-state index in [9.17, 15) is 0 Å². The summed E-state index contributed by atoms with van der Waals surface area (Å²) in [7, 11) is 0. The summed E-state index contributed by atoms with van der Waals surface area (Å²) < 4.78 is 13.1. The second-order valence-corrected chi connectivity index (χ2v) is 5.21. The first-order valence-corrected chi connectivity index (χ1v) is 7.10. The van der Waals surface area contributed by atoms with Crippen molar-refractivity contribution in [3.63, 3.8) is 0 Å². The zero-order valence-corrected chi connectivity index (χ0v) is 12.4. The van der Waals surface area contributed by atoms with Gasteiger partial charge in [0.1, 0.15) is 12.4 Å². The molecule has 0 spiro atoms. The monoisotopic (exact) mass is 277 g/mol. The summed E-state index contributed by atoms with van der Waals surface area (Å²) >= 11 is 0. The Morgan fingerprint density at radius 1 is 1.45 bits per heavy atom. The summed E-state index contributed by atoms with van der Waals surface area (Å²) in [5.74, 6) is 2.35. The molecule has 0 unspecified atom stereocenters. The lowest BCUT2D eigenvalue weighted by atomic mass is 10.2. The highest BCUT2D eigenvalue weighted by molar-refractivity contribution is 5.18. The molecular weight excluding hydrogens is 254 g/mol. The fourth-order valence-electron chi connectivity index (χ4n) is 1.88. The molecule has 5 nitrogen and oxygen atoms in total. The molecule has 2 aromatic heterocycles. The lowest BCUT2D eigenvalue weighted by molar-refractivity contribution is 0.300. The molecule has 0 saturated carbocycles. The molecule has 0 aliphatic carbocycles. The van der Waals surface area contributed by atoms with Crippen molar-refractivity contribution in [2.24, 2.45) is 5.92 Å². The molecule has 0 aromatic carbocycles. The van der Waals surface area contributed by atoms with Crippen LogP contribution in [0.1, 0.15) is 32.1 Å². The molecule has 0 radical (unpaired) electrons. The topological polar surface area (TPSA) is 52.2 Å². The van der Waals surface area contributed by atoms with Gasteiger partial charge in [0.05, 0.1) is 25.2 Å². The number of rotatable bonds is 8. The Bertz CT molecular complexity index is 517. The molecule has 2 rings (SSSR count). The van der Waals surface area contributed by atoms with Crippen LogP contribution in [0.2, 0.25) is 0 Å². The Kier molecular flexibility index (Phi) is 5.24. The highest BCUT2D eigenvalue weighted by Crippen LogP contribution is 2.15. The fourth-order valence-corrected chi connectivity index (χ4v) is 1.88. The first-order chi connectivity index (χ1) is 9.69. The second kappa shape index (κ2) is 7.14. The first kappa shape index (κ1) is 14.7. The Morgan fingerprint density at radius 2 is 2.30 bits per heavy atom. The molecule has 0 aliphatic heterocycles. The first-order valence-electron chi connectivity index (χ1n) is 7.10. The summed E-state index contributed by atoms with van der Waals surface area (Å²) in [5, 5.41) is 7.56. The van der Waals surface area contributed by atoms with Gasteiger partial charge < -0.3 is 14.5 Å². The third-order valence-electron chi connectivity index (χ3n) is 3.00. The van der Waals surface area contributed by atoms with E-state index < -0.39 is 0 Å². The minimum atomic E-state index is 0.505. The van der Waals surface area contributed by atoms with Crippen LogP contribution in [-0.4, -0.2) is 16.3 Å². The number of nitrogens with zero attached hydrogens (tertiary/aromatic N) is 2. The highest BCUT2D eigenvalue weighted by atomic mass is 16.5. The average Bonchev–Trinajstić information content (AvgIpc) is 3.04. The largest absolute Gasteiger partial charge is 0.485 e. The second-order valence-electron chi connectivity index (χ2n) is 5.21. The maximum absolute atomic E-state index is 5.73. The maximum Gasteiger partial charge on any atom is 0.157 e. The molecule has 2 aromatic rings. The van der Waals surface area contributed by atoms with Crippen molar-refractivity contribution in [3.05, 3.63) is 36.0 Å². The van der Waals surface area contributed by atoms with Crippen LogP contribution in [-0.2, 0) is 19.7 Å². The lowest BCUT2D eigenvalue weighted by Crippen LogP contribution is -2.19. The molecule has 1 N–H and O–H groups in total. The number of furan rings is 1. The molecule has 20 heavy (non-hydrogen) atoms. The van der Waals surface area contributed by atoms with Crippen LogP contribution >= 0.6 is 0 Å². The van der Waals surface area contributed by atoms with Crippen molar-refractivity contribution >= 4 is 0 Å². The number of hydrogen-bond acceptors (Lipinski definition) is 4. The maximum atomic E-state index is 5.73. The van der Waals surface area contributed by atoms with Crippen molar-refractivity contribution < 1.29 is 9.15 Å². The minimum absolute atomic E-state index is 0.505. The van der Waals surface area contributed by atoms with E-state index in [0.717, 1.165) is 36.7 Å². The van der Waals surface area contributed by atoms with Gasteiger partial charge in [0.25, 0.3) is 0 Å². The average molecular weight is 277 g/mol.